The number of carbonyl (C=O) groups excluding carboxylic acids is 1. The summed E-state index contributed by atoms with van der Waals surface area (Å²) in [7, 11) is 0. The highest BCUT2D eigenvalue weighted by Crippen LogP contribution is 2.15. The van der Waals surface area contributed by atoms with E-state index in [1.54, 1.807) is 4.90 Å². The van der Waals surface area contributed by atoms with Crippen LogP contribution < -0.4 is 5.32 Å². The molecule has 1 aliphatic rings. The minimum Gasteiger partial charge on any atom is -0.444 e. The molecular formula is C14H24N2O2. The molecule has 0 atom stereocenters. The zero-order chi connectivity index (χ0) is 13.6. The van der Waals surface area contributed by atoms with Crippen LogP contribution in [0.25, 0.3) is 0 Å². The number of nitrogens with one attached hydrogen (secondary N) is 1. The van der Waals surface area contributed by atoms with Crippen molar-refractivity contribution in [2.24, 2.45) is 0 Å². The van der Waals surface area contributed by atoms with Crippen molar-refractivity contribution in [2.45, 2.75) is 52.2 Å². The summed E-state index contributed by atoms with van der Waals surface area (Å²) in [6.45, 7) is 9.76. The Bertz CT molecular complexity index is 328. The molecule has 1 rings (SSSR count). The SMILES string of the molecule is CC#CCNC1CCN(C(=O)OC(C)(C)C)CC1. The Labute approximate surface area is 110 Å². The van der Waals surface area contributed by atoms with Crippen molar-refractivity contribution >= 4 is 6.09 Å². The number of nitrogens with zero attached hydrogens (tertiary/aromatic N) is 1. The summed E-state index contributed by atoms with van der Waals surface area (Å²) < 4.78 is 5.36. The summed E-state index contributed by atoms with van der Waals surface area (Å²) in [6, 6.07) is 0.463. The molecule has 1 saturated heterocycles. The molecular weight excluding hydrogens is 228 g/mol. The van der Waals surface area contributed by atoms with Gasteiger partial charge >= 0.3 is 6.09 Å². The first-order chi connectivity index (χ1) is 8.42. The minimum absolute atomic E-state index is 0.200. The second kappa shape index (κ2) is 6.65. The molecule has 102 valence electrons. The maximum atomic E-state index is 11.8. The van der Waals surface area contributed by atoms with E-state index in [-0.39, 0.29) is 6.09 Å². The molecule has 1 fully saturated rings. The van der Waals surface area contributed by atoms with Gasteiger partial charge in [-0.1, -0.05) is 5.92 Å². The van der Waals surface area contributed by atoms with E-state index in [0.29, 0.717) is 6.04 Å². The summed E-state index contributed by atoms with van der Waals surface area (Å²) in [4.78, 5) is 13.6. The number of hydrogen-bond donors (Lipinski definition) is 1. The highest BCUT2D eigenvalue weighted by molar-refractivity contribution is 5.68. The number of amides is 1. The molecule has 0 radical (unpaired) electrons. The van der Waals surface area contributed by atoms with Crippen LogP contribution in [-0.4, -0.2) is 42.3 Å². The van der Waals surface area contributed by atoms with Crippen molar-refractivity contribution in [2.75, 3.05) is 19.6 Å². The van der Waals surface area contributed by atoms with Gasteiger partial charge in [-0.15, -0.1) is 5.92 Å². The third kappa shape index (κ3) is 5.42. The van der Waals surface area contributed by atoms with Crippen LogP contribution in [0.1, 0.15) is 40.5 Å². The maximum Gasteiger partial charge on any atom is 0.410 e. The van der Waals surface area contributed by atoms with Gasteiger partial charge < -0.3 is 15.0 Å². The Balaban J connectivity index is 2.30. The largest absolute Gasteiger partial charge is 0.444 e. The van der Waals surface area contributed by atoms with Gasteiger partial charge in [0.15, 0.2) is 0 Å². The van der Waals surface area contributed by atoms with Gasteiger partial charge in [0.1, 0.15) is 5.60 Å². The quantitative estimate of drug-likeness (QED) is 0.764. The lowest BCUT2D eigenvalue weighted by molar-refractivity contribution is 0.0199. The number of rotatable bonds is 2. The van der Waals surface area contributed by atoms with Crippen LogP contribution in [0.4, 0.5) is 4.79 Å². The zero-order valence-electron chi connectivity index (χ0n) is 11.9. The monoisotopic (exact) mass is 252 g/mol. The second-order valence-corrected chi connectivity index (χ2v) is 5.55. The Hall–Kier alpha value is -1.21. The highest BCUT2D eigenvalue weighted by Gasteiger charge is 2.26. The van der Waals surface area contributed by atoms with Crippen molar-refractivity contribution in [1.82, 2.24) is 10.2 Å². The highest BCUT2D eigenvalue weighted by atomic mass is 16.6. The Morgan fingerprint density at radius 2 is 2.00 bits per heavy atom. The van der Waals surface area contributed by atoms with Crippen LogP contribution in [0.3, 0.4) is 0 Å². The Morgan fingerprint density at radius 3 is 2.50 bits per heavy atom. The predicted molar refractivity (Wildman–Crippen MR) is 72.3 cm³/mol. The van der Waals surface area contributed by atoms with Gasteiger partial charge in [-0.3, -0.25) is 0 Å². The average molecular weight is 252 g/mol. The van der Waals surface area contributed by atoms with Crippen molar-refractivity contribution in [3.05, 3.63) is 0 Å². The summed E-state index contributed by atoms with van der Waals surface area (Å²) in [6.07, 6.45) is 1.73. The number of carbonyl (C=O) groups is 1. The summed E-state index contributed by atoms with van der Waals surface area (Å²) in [5.74, 6) is 5.86. The molecule has 0 aromatic heterocycles. The fourth-order valence-corrected chi connectivity index (χ4v) is 1.88. The average Bonchev–Trinajstić information content (AvgIpc) is 2.28. The molecule has 4 heteroatoms. The molecule has 0 saturated carbocycles. The molecule has 0 aromatic carbocycles. The third-order valence-corrected chi connectivity index (χ3v) is 2.80. The topological polar surface area (TPSA) is 41.6 Å². The van der Waals surface area contributed by atoms with Gasteiger partial charge in [0.2, 0.25) is 0 Å². The lowest BCUT2D eigenvalue weighted by Crippen LogP contribution is -2.46. The standard InChI is InChI=1S/C14H24N2O2/c1-5-6-9-15-12-7-10-16(11-8-12)13(17)18-14(2,3)4/h12,15H,7-11H2,1-4H3. The molecule has 1 amide bonds. The fourth-order valence-electron chi connectivity index (χ4n) is 1.88. The van der Waals surface area contributed by atoms with Crippen molar-refractivity contribution < 1.29 is 9.53 Å². The van der Waals surface area contributed by atoms with Gasteiger partial charge in [-0.05, 0) is 40.5 Å². The van der Waals surface area contributed by atoms with Gasteiger partial charge in [0, 0.05) is 19.1 Å². The van der Waals surface area contributed by atoms with Gasteiger partial charge in [0.25, 0.3) is 0 Å². The van der Waals surface area contributed by atoms with E-state index in [0.717, 1.165) is 32.5 Å². The molecule has 0 aromatic rings. The van der Waals surface area contributed by atoms with Crippen LogP contribution in [0.5, 0.6) is 0 Å². The van der Waals surface area contributed by atoms with E-state index in [9.17, 15) is 4.79 Å². The summed E-state index contributed by atoms with van der Waals surface area (Å²) in [5, 5.41) is 3.38. The van der Waals surface area contributed by atoms with Crippen LogP contribution in [-0.2, 0) is 4.74 Å². The number of likely N-dealkylation sites (tertiary alicyclic amines) is 1. The van der Waals surface area contributed by atoms with Crippen molar-refractivity contribution in [3.8, 4) is 11.8 Å². The predicted octanol–water partition coefficient (Wildman–Crippen LogP) is 2.00. The number of hydrogen-bond acceptors (Lipinski definition) is 3. The van der Waals surface area contributed by atoms with Crippen molar-refractivity contribution in [3.63, 3.8) is 0 Å². The Kier molecular flexibility index (Phi) is 5.49. The smallest absolute Gasteiger partial charge is 0.410 e. The molecule has 0 unspecified atom stereocenters. The molecule has 4 nitrogen and oxygen atoms in total. The van der Waals surface area contributed by atoms with E-state index < -0.39 is 5.60 Å². The van der Waals surface area contributed by atoms with E-state index >= 15 is 0 Å². The lowest BCUT2D eigenvalue weighted by atomic mass is 10.1. The summed E-state index contributed by atoms with van der Waals surface area (Å²) in [5.41, 5.74) is -0.414. The normalized spacial score (nSPS) is 17.0. The van der Waals surface area contributed by atoms with E-state index in [2.05, 4.69) is 17.2 Å². The Morgan fingerprint density at radius 1 is 1.39 bits per heavy atom. The van der Waals surface area contributed by atoms with E-state index in [1.807, 2.05) is 27.7 Å². The third-order valence-electron chi connectivity index (χ3n) is 2.80. The molecule has 0 bridgehead atoms. The first-order valence-electron chi connectivity index (χ1n) is 6.53. The molecule has 0 spiro atoms. The second-order valence-electron chi connectivity index (χ2n) is 5.55. The summed E-state index contributed by atoms with van der Waals surface area (Å²) >= 11 is 0. The van der Waals surface area contributed by atoms with E-state index in [4.69, 9.17) is 4.74 Å². The molecule has 0 aliphatic carbocycles. The minimum atomic E-state index is -0.414. The van der Waals surface area contributed by atoms with Gasteiger partial charge in [0.05, 0.1) is 6.54 Å². The molecule has 1 aliphatic heterocycles. The fraction of sp³-hybridized carbons (Fsp3) is 0.786. The first kappa shape index (κ1) is 14.8. The van der Waals surface area contributed by atoms with Gasteiger partial charge in [-0.25, -0.2) is 4.79 Å². The van der Waals surface area contributed by atoms with Crippen LogP contribution >= 0.6 is 0 Å². The lowest BCUT2D eigenvalue weighted by Gasteiger charge is -2.33. The molecule has 18 heavy (non-hydrogen) atoms. The van der Waals surface area contributed by atoms with Crippen molar-refractivity contribution in [1.29, 1.82) is 0 Å². The van der Waals surface area contributed by atoms with Gasteiger partial charge in [-0.2, -0.15) is 0 Å². The number of ether oxygens (including phenoxy) is 1. The zero-order valence-corrected chi connectivity index (χ0v) is 11.9. The van der Waals surface area contributed by atoms with Crippen LogP contribution in [0.15, 0.2) is 0 Å². The molecule has 1 N–H and O–H groups in total. The first-order valence-corrected chi connectivity index (χ1v) is 6.53. The number of piperidine rings is 1. The molecule has 1 heterocycles. The van der Waals surface area contributed by atoms with E-state index in [1.165, 1.54) is 0 Å². The van der Waals surface area contributed by atoms with Crippen LogP contribution in [0, 0.1) is 11.8 Å². The maximum absolute atomic E-state index is 11.8. The van der Waals surface area contributed by atoms with Crippen LogP contribution in [0.2, 0.25) is 0 Å².